The van der Waals surface area contributed by atoms with E-state index in [0.29, 0.717) is 0 Å². The van der Waals surface area contributed by atoms with Crippen LogP contribution in [-0.4, -0.2) is 15.3 Å². The van der Waals surface area contributed by atoms with Crippen molar-refractivity contribution in [1.82, 2.24) is 14.7 Å². The lowest BCUT2D eigenvalue weighted by molar-refractivity contribution is -0.117. The van der Waals surface area contributed by atoms with E-state index in [-0.39, 0.29) is 11.9 Å². The molecule has 2 heterocycles. The van der Waals surface area contributed by atoms with Crippen LogP contribution in [0.15, 0.2) is 41.7 Å². The molecule has 0 fully saturated rings. The predicted octanol–water partition coefficient (Wildman–Crippen LogP) is 2.46. The first-order valence-electron chi connectivity index (χ1n) is 5.17. The van der Waals surface area contributed by atoms with E-state index in [4.69, 9.17) is 0 Å². The molecule has 0 aliphatic heterocycles. The van der Waals surface area contributed by atoms with Crippen LogP contribution in [0.5, 0.6) is 0 Å². The summed E-state index contributed by atoms with van der Waals surface area (Å²) in [5, 5.41) is 2.78. The Morgan fingerprint density at radius 3 is 3.06 bits per heavy atom. The fourth-order valence-corrected chi connectivity index (χ4v) is 1.89. The van der Waals surface area contributed by atoms with Gasteiger partial charge in [-0.15, -0.1) is 0 Å². The molecule has 0 aromatic carbocycles. The van der Waals surface area contributed by atoms with Gasteiger partial charge in [-0.2, -0.15) is 0 Å². The van der Waals surface area contributed by atoms with Gasteiger partial charge in [0, 0.05) is 16.9 Å². The number of hydrogen-bond donors (Lipinski definition) is 1. The number of nitrogens with one attached hydrogen (secondary N) is 1. The summed E-state index contributed by atoms with van der Waals surface area (Å²) < 4.78 is 2.90. The molecular weight excluding hydrogens is 282 g/mol. The summed E-state index contributed by atoms with van der Waals surface area (Å²) in [5.41, 5.74) is 1.67. The summed E-state index contributed by atoms with van der Waals surface area (Å²) in [6.45, 7) is 5.30. The first kappa shape index (κ1) is 11.9. The smallest absolute Gasteiger partial charge is 0.243 e. The van der Waals surface area contributed by atoms with Gasteiger partial charge in [0.15, 0.2) is 0 Å². The predicted molar refractivity (Wildman–Crippen MR) is 69.6 cm³/mol. The summed E-state index contributed by atoms with van der Waals surface area (Å²) in [5.74, 6) is -0.198. The van der Waals surface area contributed by atoms with E-state index in [2.05, 4.69) is 32.8 Å². The minimum absolute atomic E-state index is 0.140. The minimum Gasteiger partial charge on any atom is -0.344 e. The highest BCUT2D eigenvalue weighted by molar-refractivity contribution is 9.10. The molecule has 88 valence electrons. The number of imidazole rings is 1. The molecule has 1 atom stereocenters. The van der Waals surface area contributed by atoms with Gasteiger partial charge in [0.25, 0.3) is 0 Å². The Hall–Kier alpha value is -1.62. The Morgan fingerprint density at radius 1 is 1.59 bits per heavy atom. The molecule has 1 amide bonds. The fraction of sp³-hybridized carbons (Fsp3) is 0.167. The Bertz CT molecular complexity index is 576. The zero-order chi connectivity index (χ0) is 12.4. The molecule has 5 heteroatoms. The number of rotatable bonds is 3. The summed E-state index contributed by atoms with van der Waals surface area (Å²) >= 11 is 3.40. The second kappa shape index (κ2) is 4.71. The topological polar surface area (TPSA) is 46.4 Å². The Balaban J connectivity index is 2.29. The van der Waals surface area contributed by atoms with Crippen LogP contribution in [0, 0.1) is 0 Å². The van der Waals surface area contributed by atoms with Crippen molar-refractivity contribution in [2.24, 2.45) is 0 Å². The molecule has 0 aliphatic rings. The van der Waals surface area contributed by atoms with Crippen molar-refractivity contribution in [2.75, 3.05) is 0 Å². The largest absolute Gasteiger partial charge is 0.344 e. The summed E-state index contributed by atoms with van der Waals surface area (Å²) in [6, 6.07) is 3.70. The van der Waals surface area contributed by atoms with Crippen molar-refractivity contribution < 1.29 is 4.79 Å². The number of hydrogen-bond acceptors (Lipinski definition) is 2. The van der Waals surface area contributed by atoms with Gasteiger partial charge in [-0.05, 0) is 41.1 Å². The number of carbonyl (C=O) groups is 1. The quantitative estimate of drug-likeness (QED) is 0.884. The number of fused-ring (bicyclic) bond motifs is 1. The van der Waals surface area contributed by atoms with Gasteiger partial charge >= 0.3 is 0 Å². The molecule has 0 aliphatic carbocycles. The van der Waals surface area contributed by atoms with E-state index in [0.717, 1.165) is 15.8 Å². The molecule has 0 saturated heterocycles. The van der Waals surface area contributed by atoms with Crippen LogP contribution in [0.2, 0.25) is 0 Å². The Kier molecular flexibility index (Phi) is 3.28. The highest BCUT2D eigenvalue weighted by atomic mass is 79.9. The normalized spacial score (nSPS) is 12.4. The van der Waals surface area contributed by atoms with Crippen LogP contribution >= 0.6 is 15.9 Å². The lowest BCUT2D eigenvalue weighted by Gasteiger charge is -2.08. The molecule has 2 aromatic rings. The Morgan fingerprint density at radius 2 is 2.35 bits per heavy atom. The molecule has 0 spiro atoms. The second-order valence-corrected chi connectivity index (χ2v) is 4.63. The van der Waals surface area contributed by atoms with Gasteiger partial charge in [-0.25, -0.2) is 4.98 Å². The molecule has 0 bridgehead atoms. The summed E-state index contributed by atoms with van der Waals surface area (Å²) in [4.78, 5) is 15.6. The highest BCUT2D eigenvalue weighted by Gasteiger charge is 2.11. The highest BCUT2D eigenvalue weighted by Crippen LogP contribution is 2.16. The minimum atomic E-state index is -0.198. The van der Waals surface area contributed by atoms with Crippen LogP contribution in [0.3, 0.4) is 0 Å². The first-order valence-corrected chi connectivity index (χ1v) is 5.96. The van der Waals surface area contributed by atoms with Gasteiger partial charge in [0.1, 0.15) is 5.65 Å². The molecule has 2 aromatic heterocycles. The summed E-state index contributed by atoms with van der Waals surface area (Å²) in [7, 11) is 0. The number of pyridine rings is 1. The van der Waals surface area contributed by atoms with Crippen LogP contribution in [-0.2, 0) is 4.79 Å². The number of carbonyl (C=O) groups excluding carboxylic acids is 1. The van der Waals surface area contributed by atoms with Crippen molar-refractivity contribution in [2.45, 2.75) is 13.0 Å². The van der Waals surface area contributed by atoms with Crippen LogP contribution in [0.4, 0.5) is 0 Å². The standard InChI is InChI=1S/C12H12BrN3O/c1-3-12(17)14-8(2)10-7-16-6-9(13)4-5-11(16)15-10/h3-8H,1H2,2H3,(H,14,17)/t8-/m1/s1. The third-order valence-electron chi connectivity index (χ3n) is 2.42. The zero-order valence-electron chi connectivity index (χ0n) is 9.35. The van der Waals surface area contributed by atoms with E-state index in [1.54, 1.807) is 0 Å². The molecule has 2 rings (SSSR count). The van der Waals surface area contributed by atoms with E-state index in [1.165, 1.54) is 6.08 Å². The molecule has 0 saturated carbocycles. The zero-order valence-corrected chi connectivity index (χ0v) is 10.9. The Labute approximate surface area is 107 Å². The SMILES string of the molecule is C=CC(=O)N[C@H](C)c1cn2cc(Br)ccc2n1. The number of halogens is 1. The molecule has 0 unspecified atom stereocenters. The van der Waals surface area contributed by atoms with Crippen molar-refractivity contribution in [3.63, 3.8) is 0 Å². The lowest BCUT2D eigenvalue weighted by atomic mass is 10.2. The number of nitrogens with zero attached hydrogens (tertiary/aromatic N) is 2. The van der Waals surface area contributed by atoms with Gasteiger partial charge in [-0.1, -0.05) is 6.58 Å². The monoisotopic (exact) mass is 293 g/mol. The average Bonchev–Trinajstić information content (AvgIpc) is 2.71. The third kappa shape index (κ3) is 2.55. The lowest BCUT2D eigenvalue weighted by Crippen LogP contribution is -2.24. The van der Waals surface area contributed by atoms with Crippen molar-refractivity contribution in [3.05, 3.63) is 47.3 Å². The molecular formula is C12H12BrN3O. The maximum Gasteiger partial charge on any atom is 0.243 e. The van der Waals surface area contributed by atoms with Gasteiger partial charge in [0.2, 0.25) is 5.91 Å². The van der Waals surface area contributed by atoms with Crippen molar-refractivity contribution >= 4 is 27.5 Å². The second-order valence-electron chi connectivity index (χ2n) is 3.71. The van der Waals surface area contributed by atoms with Crippen LogP contribution in [0.1, 0.15) is 18.7 Å². The maximum atomic E-state index is 11.2. The molecule has 0 radical (unpaired) electrons. The number of amides is 1. The van der Waals surface area contributed by atoms with Crippen molar-refractivity contribution in [3.8, 4) is 0 Å². The van der Waals surface area contributed by atoms with Gasteiger partial charge < -0.3 is 9.72 Å². The van der Waals surface area contributed by atoms with E-state index >= 15 is 0 Å². The van der Waals surface area contributed by atoms with Gasteiger partial charge in [0.05, 0.1) is 11.7 Å². The van der Waals surface area contributed by atoms with E-state index in [9.17, 15) is 4.79 Å². The number of aromatic nitrogens is 2. The van der Waals surface area contributed by atoms with E-state index in [1.807, 2.05) is 35.9 Å². The molecule has 4 nitrogen and oxygen atoms in total. The van der Waals surface area contributed by atoms with Crippen molar-refractivity contribution in [1.29, 1.82) is 0 Å². The van der Waals surface area contributed by atoms with E-state index < -0.39 is 0 Å². The molecule has 17 heavy (non-hydrogen) atoms. The van der Waals surface area contributed by atoms with Gasteiger partial charge in [-0.3, -0.25) is 4.79 Å². The van der Waals surface area contributed by atoms with Crippen LogP contribution in [0.25, 0.3) is 5.65 Å². The first-order chi connectivity index (χ1) is 8.10. The summed E-state index contributed by atoms with van der Waals surface area (Å²) in [6.07, 6.45) is 5.07. The third-order valence-corrected chi connectivity index (χ3v) is 2.89. The fourth-order valence-electron chi connectivity index (χ4n) is 1.54. The van der Waals surface area contributed by atoms with Crippen LogP contribution < -0.4 is 5.32 Å². The molecule has 1 N–H and O–H groups in total. The average molecular weight is 294 g/mol. The maximum absolute atomic E-state index is 11.2.